The third kappa shape index (κ3) is 4.41. The summed E-state index contributed by atoms with van der Waals surface area (Å²) < 4.78 is 37.9. The lowest BCUT2D eigenvalue weighted by Gasteiger charge is -2.22. The second-order valence-corrected chi connectivity index (χ2v) is 9.18. The van der Waals surface area contributed by atoms with Crippen molar-refractivity contribution in [2.75, 3.05) is 19.0 Å². The van der Waals surface area contributed by atoms with Gasteiger partial charge in [-0.25, -0.2) is 8.42 Å². The summed E-state index contributed by atoms with van der Waals surface area (Å²) in [5.74, 6) is 0.226. The van der Waals surface area contributed by atoms with E-state index < -0.39 is 22.0 Å². The molecule has 0 saturated carbocycles. The number of rotatable bonds is 6. The number of halogens is 1. The average molecular weight is 463 g/mol. The van der Waals surface area contributed by atoms with Crippen molar-refractivity contribution >= 4 is 33.5 Å². The highest BCUT2D eigenvalue weighted by atomic mass is 35.5. The lowest BCUT2D eigenvalue weighted by Crippen LogP contribution is -2.43. The maximum Gasteiger partial charge on any atom is 0.322 e. The Labute approximate surface area is 184 Å². The molecule has 4 rings (SSSR count). The minimum atomic E-state index is -3.85. The first kappa shape index (κ1) is 21.3. The topological polar surface area (TPSA) is 115 Å². The van der Waals surface area contributed by atoms with Crippen LogP contribution in [-0.4, -0.2) is 48.5 Å². The van der Waals surface area contributed by atoms with Crippen LogP contribution in [0.15, 0.2) is 57.8 Å². The Morgan fingerprint density at radius 3 is 2.55 bits per heavy atom. The van der Waals surface area contributed by atoms with Crippen molar-refractivity contribution in [3.63, 3.8) is 0 Å². The molecule has 0 aliphatic carbocycles. The van der Waals surface area contributed by atoms with Crippen molar-refractivity contribution in [1.82, 2.24) is 14.5 Å². The lowest BCUT2D eigenvalue weighted by atomic mass is 10.2. The number of benzene rings is 2. The van der Waals surface area contributed by atoms with Gasteiger partial charge >= 0.3 is 6.01 Å². The van der Waals surface area contributed by atoms with E-state index in [1.807, 2.05) is 0 Å². The molecule has 1 aliphatic heterocycles. The van der Waals surface area contributed by atoms with Crippen LogP contribution in [0, 0.1) is 0 Å². The zero-order chi connectivity index (χ0) is 22.0. The Morgan fingerprint density at radius 2 is 1.87 bits per heavy atom. The molecule has 162 valence electrons. The van der Waals surface area contributed by atoms with Crippen LogP contribution in [0.4, 0.5) is 6.01 Å². The highest BCUT2D eigenvalue weighted by Gasteiger charge is 2.40. The van der Waals surface area contributed by atoms with Gasteiger partial charge in [0, 0.05) is 17.1 Å². The molecule has 31 heavy (non-hydrogen) atoms. The Kier molecular flexibility index (Phi) is 5.94. The number of methoxy groups -OCH3 is 1. The molecule has 0 radical (unpaired) electrons. The second kappa shape index (κ2) is 8.66. The molecule has 1 saturated heterocycles. The average Bonchev–Trinajstić information content (AvgIpc) is 3.44. The van der Waals surface area contributed by atoms with Gasteiger partial charge in [-0.05, 0) is 61.4 Å². The number of sulfonamides is 1. The number of carbonyl (C=O) groups is 1. The van der Waals surface area contributed by atoms with Crippen molar-refractivity contribution in [3.05, 3.63) is 53.6 Å². The largest absolute Gasteiger partial charge is 0.497 e. The van der Waals surface area contributed by atoms with Crippen molar-refractivity contribution in [1.29, 1.82) is 0 Å². The minimum absolute atomic E-state index is 0.0933. The van der Waals surface area contributed by atoms with Crippen LogP contribution in [-0.2, 0) is 14.8 Å². The molecule has 1 fully saturated rings. The van der Waals surface area contributed by atoms with Gasteiger partial charge in [0.2, 0.25) is 21.8 Å². The number of hydrogen-bond donors (Lipinski definition) is 1. The summed E-state index contributed by atoms with van der Waals surface area (Å²) in [6.45, 7) is 0.242. The normalized spacial score (nSPS) is 16.9. The van der Waals surface area contributed by atoms with Crippen LogP contribution < -0.4 is 10.1 Å². The molecule has 1 unspecified atom stereocenters. The van der Waals surface area contributed by atoms with Crippen LogP contribution in [0.3, 0.4) is 0 Å². The maximum absolute atomic E-state index is 13.1. The second-order valence-electron chi connectivity index (χ2n) is 6.86. The van der Waals surface area contributed by atoms with E-state index in [4.69, 9.17) is 20.8 Å². The van der Waals surface area contributed by atoms with E-state index in [0.717, 1.165) is 0 Å². The molecule has 1 aliphatic rings. The monoisotopic (exact) mass is 462 g/mol. The van der Waals surface area contributed by atoms with Crippen molar-refractivity contribution in [2.45, 2.75) is 23.8 Å². The van der Waals surface area contributed by atoms with Crippen LogP contribution in [0.2, 0.25) is 5.02 Å². The van der Waals surface area contributed by atoms with E-state index in [1.165, 1.54) is 23.5 Å². The molecular weight excluding hydrogens is 444 g/mol. The van der Waals surface area contributed by atoms with Crippen LogP contribution in [0.5, 0.6) is 5.75 Å². The number of nitrogens with zero attached hydrogens (tertiary/aromatic N) is 3. The lowest BCUT2D eigenvalue weighted by molar-refractivity contribution is -0.119. The summed E-state index contributed by atoms with van der Waals surface area (Å²) >= 11 is 5.87. The number of ether oxygens (including phenoxy) is 1. The first-order valence-corrected chi connectivity index (χ1v) is 11.3. The molecule has 0 bridgehead atoms. The van der Waals surface area contributed by atoms with Gasteiger partial charge in [-0.1, -0.05) is 16.7 Å². The van der Waals surface area contributed by atoms with Gasteiger partial charge in [0.25, 0.3) is 0 Å². The number of amides is 1. The number of anilines is 1. The predicted molar refractivity (Wildman–Crippen MR) is 113 cm³/mol. The molecule has 1 aromatic heterocycles. The zero-order valence-electron chi connectivity index (χ0n) is 16.5. The van der Waals surface area contributed by atoms with E-state index in [-0.39, 0.29) is 23.3 Å². The third-order valence-corrected chi connectivity index (χ3v) is 7.09. The molecule has 9 nitrogen and oxygen atoms in total. The minimum Gasteiger partial charge on any atom is -0.497 e. The van der Waals surface area contributed by atoms with Gasteiger partial charge in [-0.3, -0.25) is 10.1 Å². The summed E-state index contributed by atoms with van der Waals surface area (Å²) in [6, 6.07) is 11.8. The number of nitrogens with one attached hydrogen (secondary N) is 1. The van der Waals surface area contributed by atoms with Crippen LogP contribution in [0.25, 0.3) is 11.5 Å². The van der Waals surface area contributed by atoms with Gasteiger partial charge in [0.1, 0.15) is 11.8 Å². The van der Waals surface area contributed by atoms with Crippen LogP contribution in [0.1, 0.15) is 12.8 Å². The van der Waals surface area contributed by atoms with Crippen molar-refractivity contribution in [3.8, 4) is 17.2 Å². The highest BCUT2D eigenvalue weighted by Crippen LogP contribution is 2.28. The molecule has 1 atom stereocenters. The summed E-state index contributed by atoms with van der Waals surface area (Å²) in [6.07, 6.45) is 0.951. The Hall–Kier alpha value is -2.95. The van der Waals surface area contributed by atoms with Crippen molar-refractivity contribution in [2.24, 2.45) is 0 Å². The highest BCUT2D eigenvalue weighted by molar-refractivity contribution is 7.89. The quantitative estimate of drug-likeness (QED) is 0.598. The third-order valence-electron chi connectivity index (χ3n) is 4.92. The zero-order valence-corrected chi connectivity index (χ0v) is 18.1. The SMILES string of the molecule is COc1ccc(S(=O)(=O)N2CCCC2C(=O)Nc2nnc(-c3ccc(Cl)cc3)o2)cc1. The number of hydrogen-bond acceptors (Lipinski definition) is 7. The van der Waals surface area contributed by atoms with Crippen molar-refractivity contribution < 1.29 is 22.4 Å². The maximum atomic E-state index is 13.1. The predicted octanol–water partition coefficient (Wildman–Crippen LogP) is 3.19. The molecule has 2 aromatic carbocycles. The standard InChI is InChI=1S/C20H19ClN4O5S/c1-29-15-8-10-16(11-9-15)31(27,28)25-12-2-3-17(25)18(26)22-20-24-23-19(30-20)13-4-6-14(21)7-5-13/h4-11,17H,2-3,12H2,1H3,(H,22,24,26). The summed E-state index contributed by atoms with van der Waals surface area (Å²) in [5.41, 5.74) is 0.641. The first-order chi connectivity index (χ1) is 14.9. The fourth-order valence-electron chi connectivity index (χ4n) is 3.34. The summed E-state index contributed by atoms with van der Waals surface area (Å²) in [7, 11) is -2.35. The molecule has 1 N–H and O–H groups in total. The molecule has 1 amide bonds. The smallest absolute Gasteiger partial charge is 0.322 e. The van der Waals surface area contributed by atoms with E-state index in [0.29, 0.717) is 29.2 Å². The first-order valence-electron chi connectivity index (χ1n) is 9.45. The molecule has 0 spiro atoms. The van der Waals surface area contributed by atoms with E-state index in [1.54, 1.807) is 36.4 Å². The van der Waals surface area contributed by atoms with Gasteiger partial charge in [0.15, 0.2) is 0 Å². The van der Waals surface area contributed by atoms with Gasteiger partial charge in [-0.2, -0.15) is 4.31 Å². The molecule has 11 heteroatoms. The Morgan fingerprint density at radius 1 is 1.16 bits per heavy atom. The van der Waals surface area contributed by atoms with Gasteiger partial charge in [-0.15, -0.1) is 5.10 Å². The fourth-order valence-corrected chi connectivity index (χ4v) is 5.13. The Balaban J connectivity index is 1.49. The summed E-state index contributed by atoms with van der Waals surface area (Å²) in [5, 5.41) is 10.8. The van der Waals surface area contributed by atoms with E-state index in [2.05, 4.69) is 15.5 Å². The molecule has 2 heterocycles. The van der Waals surface area contributed by atoms with Gasteiger partial charge in [0.05, 0.1) is 12.0 Å². The van der Waals surface area contributed by atoms with E-state index >= 15 is 0 Å². The van der Waals surface area contributed by atoms with Crippen LogP contribution >= 0.6 is 11.6 Å². The molecule has 3 aromatic rings. The number of carbonyl (C=O) groups excluding carboxylic acids is 1. The summed E-state index contributed by atoms with van der Waals surface area (Å²) in [4.78, 5) is 12.9. The molecular formula is C20H19ClN4O5S. The van der Waals surface area contributed by atoms with E-state index in [9.17, 15) is 13.2 Å². The number of aromatic nitrogens is 2. The van der Waals surface area contributed by atoms with Gasteiger partial charge < -0.3 is 9.15 Å². The fraction of sp³-hybridized carbons (Fsp3) is 0.250. The Bertz CT molecular complexity index is 1180.